The lowest BCUT2D eigenvalue weighted by Crippen LogP contribution is -1.89. The van der Waals surface area contributed by atoms with Crippen LogP contribution in [0.1, 0.15) is 33.6 Å². The summed E-state index contributed by atoms with van der Waals surface area (Å²) in [6.45, 7) is 6.14. The van der Waals surface area contributed by atoms with Gasteiger partial charge in [-0.25, -0.2) is 0 Å². The fourth-order valence-electron chi connectivity index (χ4n) is 1.06. The quantitative estimate of drug-likeness (QED) is 0.684. The Kier molecular flexibility index (Phi) is 5.07. The van der Waals surface area contributed by atoms with Crippen molar-refractivity contribution < 1.29 is 0 Å². The molecule has 0 amide bonds. The minimum Gasteiger partial charge on any atom is -0.169 e. The highest BCUT2D eigenvalue weighted by atomic mass is 15.4. The number of rotatable bonds is 1. The number of hydrogen-bond acceptors (Lipinski definition) is 2. The highest BCUT2D eigenvalue weighted by Gasteiger charge is 1.98. The van der Waals surface area contributed by atoms with Crippen molar-refractivity contribution in [1.82, 2.24) is 15.0 Å². The Balaban J connectivity index is 0.000000280. The van der Waals surface area contributed by atoms with Crippen LogP contribution in [0.15, 0.2) is 24.3 Å². The molecule has 0 spiro atoms. The first-order chi connectivity index (χ1) is 7.83. The van der Waals surface area contributed by atoms with Crippen LogP contribution in [0.4, 0.5) is 0 Å². The van der Waals surface area contributed by atoms with Crippen LogP contribution >= 0.6 is 0 Å². The molecule has 0 N–H and O–H groups in total. The van der Waals surface area contributed by atoms with E-state index in [0.717, 1.165) is 11.0 Å². The zero-order chi connectivity index (χ0) is 11.8. The summed E-state index contributed by atoms with van der Waals surface area (Å²) < 4.78 is 1.58. The monoisotopic (exact) mass is 215 g/mol. The van der Waals surface area contributed by atoms with Crippen LogP contribution in [-0.2, 0) is 0 Å². The van der Waals surface area contributed by atoms with E-state index in [1.54, 1.807) is 11.6 Å². The third kappa shape index (κ3) is 3.09. The standard InChI is InChI=1S/C9H7N3.C4H10/c1-2-7-12-9-6-4-3-5-8(9)10-11-12;1-3-4-2/h3-6H,1H3;3-4H2,1-2H3. The van der Waals surface area contributed by atoms with Crippen molar-refractivity contribution in [2.75, 3.05) is 0 Å². The van der Waals surface area contributed by atoms with Crippen molar-refractivity contribution in [3.8, 4) is 12.0 Å². The van der Waals surface area contributed by atoms with Crippen molar-refractivity contribution >= 4 is 11.0 Å². The summed E-state index contributed by atoms with van der Waals surface area (Å²) in [5.41, 5.74) is 1.83. The highest BCUT2D eigenvalue weighted by Crippen LogP contribution is 2.07. The first kappa shape index (κ1) is 12.3. The summed E-state index contributed by atoms with van der Waals surface area (Å²) in [6.07, 6.45) is 2.64. The van der Waals surface area contributed by atoms with Gasteiger partial charge in [0.15, 0.2) is 0 Å². The Morgan fingerprint density at radius 2 is 1.88 bits per heavy atom. The Morgan fingerprint density at radius 3 is 2.50 bits per heavy atom. The molecular formula is C13H17N3. The minimum atomic E-state index is 0.875. The number of para-hydroxylation sites is 1. The van der Waals surface area contributed by atoms with Crippen LogP contribution in [-0.4, -0.2) is 15.0 Å². The first-order valence-electron chi connectivity index (χ1n) is 5.56. The number of nitrogens with zero attached hydrogens (tertiary/aromatic N) is 3. The van der Waals surface area contributed by atoms with Crippen LogP contribution < -0.4 is 0 Å². The van der Waals surface area contributed by atoms with E-state index in [4.69, 9.17) is 0 Å². The maximum absolute atomic E-state index is 3.95. The molecule has 0 bridgehead atoms. The minimum absolute atomic E-state index is 0.875. The number of aromatic nitrogens is 3. The molecule has 0 radical (unpaired) electrons. The highest BCUT2D eigenvalue weighted by molar-refractivity contribution is 5.74. The molecule has 0 aliphatic rings. The molecule has 3 nitrogen and oxygen atoms in total. The van der Waals surface area contributed by atoms with E-state index in [1.165, 1.54) is 12.8 Å². The Morgan fingerprint density at radius 1 is 1.19 bits per heavy atom. The van der Waals surface area contributed by atoms with Gasteiger partial charge < -0.3 is 0 Å². The average molecular weight is 215 g/mol. The number of benzene rings is 1. The maximum Gasteiger partial charge on any atom is 0.114 e. The molecule has 0 fully saturated rings. The van der Waals surface area contributed by atoms with Crippen LogP contribution in [0.25, 0.3) is 11.0 Å². The van der Waals surface area contributed by atoms with Gasteiger partial charge in [-0.15, -0.1) is 5.10 Å². The molecule has 1 aromatic heterocycles. The molecule has 0 aliphatic heterocycles. The fourth-order valence-corrected chi connectivity index (χ4v) is 1.06. The molecule has 0 saturated heterocycles. The zero-order valence-electron chi connectivity index (χ0n) is 10.1. The fraction of sp³-hybridized carbons (Fsp3) is 0.385. The summed E-state index contributed by atoms with van der Waals surface area (Å²) in [4.78, 5) is 0. The molecule has 2 rings (SSSR count). The van der Waals surface area contributed by atoms with Gasteiger partial charge in [0, 0.05) is 6.04 Å². The maximum atomic E-state index is 3.95. The second-order valence-electron chi connectivity index (χ2n) is 3.35. The summed E-state index contributed by atoms with van der Waals surface area (Å²) >= 11 is 0. The van der Waals surface area contributed by atoms with Crippen LogP contribution in [0.3, 0.4) is 0 Å². The van der Waals surface area contributed by atoms with Crippen LogP contribution in [0.5, 0.6) is 0 Å². The molecule has 0 saturated carbocycles. The van der Waals surface area contributed by atoms with Crippen molar-refractivity contribution in [2.45, 2.75) is 33.6 Å². The van der Waals surface area contributed by atoms with Gasteiger partial charge in [0.25, 0.3) is 0 Å². The van der Waals surface area contributed by atoms with Gasteiger partial charge in [-0.2, -0.15) is 4.68 Å². The van der Waals surface area contributed by atoms with E-state index >= 15 is 0 Å². The second-order valence-corrected chi connectivity index (χ2v) is 3.35. The molecule has 16 heavy (non-hydrogen) atoms. The third-order valence-electron chi connectivity index (χ3n) is 2.07. The number of unbranched alkanes of at least 4 members (excludes halogenated alkanes) is 1. The molecule has 1 aromatic carbocycles. The van der Waals surface area contributed by atoms with E-state index in [0.29, 0.717) is 0 Å². The molecule has 0 unspecified atom stereocenters. The summed E-state index contributed by atoms with van der Waals surface area (Å²) in [5, 5.41) is 7.83. The van der Waals surface area contributed by atoms with Gasteiger partial charge in [0.05, 0.1) is 0 Å². The van der Waals surface area contributed by atoms with Crippen molar-refractivity contribution in [1.29, 1.82) is 0 Å². The largest absolute Gasteiger partial charge is 0.169 e. The first-order valence-corrected chi connectivity index (χ1v) is 5.56. The SMILES string of the molecule is CC#Cn1nnc2ccccc21.CCCC. The van der Waals surface area contributed by atoms with Gasteiger partial charge in [0.2, 0.25) is 0 Å². The molecule has 84 valence electrons. The third-order valence-corrected chi connectivity index (χ3v) is 2.07. The molecule has 2 aromatic rings. The van der Waals surface area contributed by atoms with Crippen molar-refractivity contribution in [3.63, 3.8) is 0 Å². The molecule has 1 heterocycles. The zero-order valence-corrected chi connectivity index (χ0v) is 10.1. The van der Waals surface area contributed by atoms with Crippen molar-refractivity contribution in [2.24, 2.45) is 0 Å². The lowest BCUT2D eigenvalue weighted by Gasteiger charge is -1.87. The van der Waals surface area contributed by atoms with Crippen molar-refractivity contribution in [3.05, 3.63) is 24.3 Å². The Hall–Kier alpha value is -1.82. The Labute approximate surface area is 96.5 Å². The molecule has 3 heteroatoms. The topological polar surface area (TPSA) is 30.7 Å². The smallest absolute Gasteiger partial charge is 0.114 e. The molecule has 0 atom stereocenters. The summed E-state index contributed by atoms with van der Waals surface area (Å²) in [7, 11) is 0. The van der Waals surface area contributed by atoms with E-state index in [9.17, 15) is 0 Å². The van der Waals surface area contributed by atoms with E-state index in [2.05, 4.69) is 36.1 Å². The average Bonchev–Trinajstić information content (AvgIpc) is 2.74. The summed E-state index contributed by atoms with van der Waals surface area (Å²) in [5.74, 6) is 2.77. The van der Waals surface area contributed by atoms with Gasteiger partial charge >= 0.3 is 0 Å². The normalized spacial score (nSPS) is 8.94. The van der Waals surface area contributed by atoms with Crippen LogP contribution in [0, 0.1) is 12.0 Å². The van der Waals surface area contributed by atoms with Gasteiger partial charge in [-0.3, -0.25) is 0 Å². The lowest BCUT2D eigenvalue weighted by atomic mass is 10.3. The van der Waals surface area contributed by atoms with E-state index in [-0.39, 0.29) is 0 Å². The van der Waals surface area contributed by atoms with Gasteiger partial charge in [-0.1, -0.05) is 50.0 Å². The predicted octanol–water partition coefficient (Wildman–Crippen LogP) is 3.07. The van der Waals surface area contributed by atoms with Crippen LogP contribution in [0.2, 0.25) is 0 Å². The second kappa shape index (κ2) is 6.62. The molecular weight excluding hydrogens is 198 g/mol. The van der Waals surface area contributed by atoms with E-state index < -0.39 is 0 Å². The predicted molar refractivity (Wildman–Crippen MR) is 67.0 cm³/mol. The van der Waals surface area contributed by atoms with E-state index in [1.807, 2.05) is 24.3 Å². The van der Waals surface area contributed by atoms with Gasteiger partial charge in [0.1, 0.15) is 11.0 Å². The molecule has 0 aliphatic carbocycles. The number of hydrogen-bond donors (Lipinski definition) is 0. The lowest BCUT2D eigenvalue weighted by molar-refractivity contribution is 0.848. The number of fused-ring (bicyclic) bond motifs is 1. The van der Waals surface area contributed by atoms with Gasteiger partial charge in [-0.05, 0) is 19.1 Å². The Bertz CT molecular complexity index is 486. The summed E-state index contributed by atoms with van der Waals surface area (Å²) in [6, 6.07) is 10.6.